The van der Waals surface area contributed by atoms with E-state index in [1.807, 2.05) is 25.1 Å². The van der Waals surface area contributed by atoms with Crippen molar-refractivity contribution in [2.45, 2.75) is 26.2 Å². The lowest BCUT2D eigenvalue weighted by Crippen LogP contribution is -2.28. The molecule has 0 aliphatic rings. The van der Waals surface area contributed by atoms with Crippen LogP contribution in [0.25, 0.3) is 10.9 Å². The number of rotatable bonds is 2. The maximum absolute atomic E-state index is 11.1. The van der Waals surface area contributed by atoms with Gasteiger partial charge in [0.1, 0.15) is 0 Å². The van der Waals surface area contributed by atoms with E-state index in [4.69, 9.17) is 5.11 Å². The number of carboxylic acid groups (broad SMARTS) is 1. The molecule has 0 amide bonds. The van der Waals surface area contributed by atoms with E-state index in [9.17, 15) is 4.79 Å². The molecule has 4 heteroatoms. The Labute approximate surface area is 93.3 Å². The van der Waals surface area contributed by atoms with Gasteiger partial charge in [-0.3, -0.25) is 9.89 Å². The van der Waals surface area contributed by atoms with Crippen LogP contribution in [0.15, 0.2) is 18.2 Å². The third-order valence-electron chi connectivity index (χ3n) is 3.00. The number of aromatic amines is 1. The molecule has 1 aromatic carbocycles. The maximum Gasteiger partial charge on any atom is 0.313 e. The number of carbonyl (C=O) groups is 1. The van der Waals surface area contributed by atoms with Crippen molar-refractivity contribution in [2.24, 2.45) is 0 Å². The fraction of sp³-hybridized carbons (Fsp3) is 0.333. The highest BCUT2D eigenvalue weighted by Gasteiger charge is 2.29. The Morgan fingerprint density at radius 3 is 2.75 bits per heavy atom. The second kappa shape index (κ2) is 3.33. The number of hydrogen-bond acceptors (Lipinski definition) is 2. The molecule has 2 N–H and O–H groups in total. The molecule has 84 valence electrons. The number of aromatic nitrogens is 2. The maximum atomic E-state index is 11.1. The summed E-state index contributed by atoms with van der Waals surface area (Å²) < 4.78 is 0. The number of nitrogens with zero attached hydrogens (tertiary/aromatic N) is 1. The number of aryl methyl sites for hydroxylation is 1. The van der Waals surface area contributed by atoms with E-state index >= 15 is 0 Å². The molecule has 1 heterocycles. The summed E-state index contributed by atoms with van der Waals surface area (Å²) in [6.45, 7) is 5.32. The Bertz CT molecular complexity index is 555. The van der Waals surface area contributed by atoms with E-state index in [0.29, 0.717) is 0 Å². The number of fused-ring (bicyclic) bond motifs is 1. The van der Waals surface area contributed by atoms with E-state index in [1.54, 1.807) is 13.8 Å². The molecule has 0 radical (unpaired) electrons. The molecular weight excluding hydrogens is 204 g/mol. The van der Waals surface area contributed by atoms with Gasteiger partial charge in [-0.05, 0) is 32.4 Å². The molecule has 2 rings (SSSR count). The van der Waals surface area contributed by atoms with Crippen molar-refractivity contribution in [3.8, 4) is 0 Å². The molecule has 0 aliphatic heterocycles. The van der Waals surface area contributed by atoms with Crippen LogP contribution >= 0.6 is 0 Å². The van der Waals surface area contributed by atoms with Crippen molar-refractivity contribution < 1.29 is 9.90 Å². The molecule has 0 fully saturated rings. The molecule has 16 heavy (non-hydrogen) atoms. The average molecular weight is 218 g/mol. The second-order valence-electron chi connectivity index (χ2n) is 4.51. The Balaban J connectivity index is 2.59. The Morgan fingerprint density at radius 1 is 1.44 bits per heavy atom. The minimum atomic E-state index is -0.888. The first-order valence-electron chi connectivity index (χ1n) is 5.11. The van der Waals surface area contributed by atoms with Gasteiger partial charge in [0.25, 0.3) is 0 Å². The molecule has 0 spiro atoms. The summed E-state index contributed by atoms with van der Waals surface area (Å²) >= 11 is 0. The third-order valence-corrected chi connectivity index (χ3v) is 3.00. The molecule has 0 bridgehead atoms. The lowest BCUT2D eigenvalue weighted by Gasteiger charge is -2.19. The summed E-state index contributed by atoms with van der Waals surface area (Å²) in [5.41, 5.74) is 1.68. The van der Waals surface area contributed by atoms with Crippen LogP contribution < -0.4 is 0 Å². The van der Waals surface area contributed by atoms with Gasteiger partial charge in [-0.15, -0.1) is 0 Å². The second-order valence-corrected chi connectivity index (χ2v) is 4.51. The third kappa shape index (κ3) is 1.46. The van der Waals surface area contributed by atoms with Gasteiger partial charge in [0.15, 0.2) is 0 Å². The van der Waals surface area contributed by atoms with Crippen LogP contribution in [0, 0.1) is 6.92 Å². The number of hydrogen-bond donors (Lipinski definition) is 2. The van der Waals surface area contributed by atoms with Crippen LogP contribution in [0.3, 0.4) is 0 Å². The Morgan fingerprint density at radius 2 is 2.12 bits per heavy atom. The lowest BCUT2D eigenvalue weighted by molar-refractivity contribution is -0.142. The van der Waals surface area contributed by atoms with E-state index < -0.39 is 11.4 Å². The lowest BCUT2D eigenvalue weighted by atomic mass is 9.84. The molecule has 4 nitrogen and oxygen atoms in total. The van der Waals surface area contributed by atoms with Crippen molar-refractivity contribution in [1.29, 1.82) is 0 Å². The molecule has 0 saturated carbocycles. The van der Waals surface area contributed by atoms with E-state index in [2.05, 4.69) is 10.2 Å². The average Bonchev–Trinajstić information content (AvgIpc) is 2.60. The predicted octanol–water partition coefficient (Wildman–Crippen LogP) is 2.23. The fourth-order valence-corrected chi connectivity index (χ4v) is 1.66. The summed E-state index contributed by atoms with van der Waals surface area (Å²) in [5, 5.41) is 17.2. The minimum Gasteiger partial charge on any atom is -0.481 e. The zero-order valence-corrected chi connectivity index (χ0v) is 9.53. The van der Waals surface area contributed by atoms with Crippen LogP contribution in [0.1, 0.15) is 25.1 Å². The predicted molar refractivity (Wildman–Crippen MR) is 61.5 cm³/mol. The Kier molecular flexibility index (Phi) is 2.22. The van der Waals surface area contributed by atoms with Gasteiger partial charge in [-0.2, -0.15) is 5.10 Å². The number of carboxylic acids is 1. The number of H-pyrrole nitrogens is 1. The summed E-state index contributed by atoms with van der Waals surface area (Å²) in [6, 6.07) is 5.58. The van der Waals surface area contributed by atoms with Gasteiger partial charge >= 0.3 is 5.97 Å². The number of nitrogens with one attached hydrogen (secondary N) is 1. The fourth-order valence-electron chi connectivity index (χ4n) is 1.66. The highest BCUT2D eigenvalue weighted by atomic mass is 16.4. The van der Waals surface area contributed by atoms with Crippen LogP contribution in [-0.2, 0) is 10.2 Å². The van der Waals surface area contributed by atoms with E-state index in [1.165, 1.54) is 0 Å². The van der Waals surface area contributed by atoms with Gasteiger partial charge in [0.05, 0.1) is 10.9 Å². The quantitative estimate of drug-likeness (QED) is 0.812. The van der Waals surface area contributed by atoms with Gasteiger partial charge in [0.2, 0.25) is 0 Å². The van der Waals surface area contributed by atoms with Gasteiger partial charge in [-0.25, -0.2) is 0 Å². The van der Waals surface area contributed by atoms with Gasteiger partial charge in [-0.1, -0.05) is 12.1 Å². The molecule has 1 aromatic heterocycles. The first-order valence-corrected chi connectivity index (χ1v) is 5.11. The van der Waals surface area contributed by atoms with Crippen molar-refractivity contribution >= 4 is 16.9 Å². The summed E-state index contributed by atoms with van der Waals surface area (Å²) in [6.07, 6.45) is 0. The van der Waals surface area contributed by atoms with Crippen LogP contribution in [-0.4, -0.2) is 21.3 Å². The van der Waals surface area contributed by atoms with E-state index in [-0.39, 0.29) is 0 Å². The highest BCUT2D eigenvalue weighted by Crippen LogP contribution is 2.27. The highest BCUT2D eigenvalue weighted by molar-refractivity contribution is 5.86. The van der Waals surface area contributed by atoms with Crippen molar-refractivity contribution in [3.63, 3.8) is 0 Å². The largest absolute Gasteiger partial charge is 0.481 e. The van der Waals surface area contributed by atoms with Crippen LogP contribution in [0.2, 0.25) is 0 Å². The monoisotopic (exact) mass is 218 g/mol. The first-order chi connectivity index (χ1) is 7.43. The van der Waals surface area contributed by atoms with Crippen LogP contribution in [0.5, 0.6) is 0 Å². The SMILES string of the molecule is Cc1[nH]nc2cc(C(C)(C)C(=O)O)ccc12. The van der Waals surface area contributed by atoms with Crippen molar-refractivity contribution in [2.75, 3.05) is 0 Å². The smallest absolute Gasteiger partial charge is 0.313 e. The first kappa shape index (κ1) is 10.7. The molecule has 0 atom stereocenters. The molecule has 0 saturated heterocycles. The Hall–Kier alpha value is -1.84. The van der Waals surface area contributed by atoms with Gasteiger partial charge < -0.3 is 5.11 Å². The minimum absolute atomic E-state index is 0.763. The summed E-state index contributed by atoms with van der Waals surface area (Å²) in [5.74, 6) is -0.834. The number of aliphatic carboxylic acids is 1. The van der Waals surface area contributed by atoms with Crippen LogP contribution in [0.4, 0.5) is 0 Å². The van der Waals surface area contributed by atoms with Gasteiger partial charge in [0, 0.05) is 11.1 Å². The summed E-state index contributed by atoms with van der Waals surface area (Å²) in [7, 11) is 0. The zero-order chi connectivity index (χ0) is 11.9. The summed E-state index contributed by atoms with van der Waals surface area (Å²) in [4.78, 5) is 11.1. The normalized spacial score (nSPS) is 11.9. The molecule has 0 aliphatic carbocycles. The van der Waals surface area contributed by atoms with Crippen molar-refractivity contribution in [3.05, 3.63) is 29.5 Å². The molecule has 2 aromatic rings. The standard InChI is InChI=1S/C12H14N2O2/c1-7-9-5-4-8(6-10(9)14-13-7)12(2,3)11(15)16/h4-6H,1-3H3,(H,13,14)(H,15,16). The van der Waals surface area contributed by atoms with E-state index in [0.717, 1.165) is 22.2 Å². The molecular formula is C12H14N2O2. The topological polar surface area (TPSA) is 66.0 Å². The number of benzene rings is 1. The van der Waals surface area contributed by atoms with Crippen molar-refractivity contribution in [1.82, 2.24) is 10.2 Å². The zero-order valence-electron chi connectivity index (χ0n) is 9.53. The molecule has 0 unspecified atom stereocenters.